The molecule has 5 rings (SSSR count). The number of amides is 1. The van der Waals surface area contributed by atoms with Crippen LogP contribution < -0.4 is 15.9 Å². The summed E-state index contributed by atoms with van der Waals surface area (Å²) in [4.78, 5) is 52.0. The topological polar surface area (TPSA) is 147 Å². The van der Waals surface area contributed by atoms with E-state index in [-0.39, 0.29) is 39.0 Å². The molecule has 3 aromatic carbocycles. The summed E-state index contributed by atoms with van der Waals surface area (Å²) in [6.45, 7) is 2.12. The molecule has 0 unspecified atom stereocenters. The van der Waals surface area contributed by atoms with E-state index < -0.39 is 66.6 Å². The first-order valence-electron chi connectivity index (χ1n) is 14.9. The van der Waals surface area contributed by atoms with Crippen molar-refractivity contribution in [2.75, 3.05) is 23.6 Å². The lowest BCUT2D eigenvalue weighted by Crippen LogP contribution is -2.39. The van der Waals surface area contributed by atoms with Gasteiger partial charge in [0, 0.05) is 17.0 Å². The summed E-state index contributed by atoms with van der Waals surface area (Å²) in [6.07, 6.45) is -5.91. The Bertz CT molecular complexity index is 2130. The Morgan fingerprint density at radius 1 is 0.940 bits per heavy atom. The number of hydroxylamine groups is 1. The normalized spacial score (nSPS) is 11.6. The molecule has 0 spiro atoms. The Kier molecular flexibility index (Phi) is 10.2. The zero-order valence-electron chi connectivity index (χ0n) is 26.3. The predicted molar refractivity (Wildman–Crippen MR) is 171 cm³/mol. The highest BCUT2D eigenvalue weighted by atomic mass is 19.4. The van der Waals surface area contributed by atoms with Gasteiger partial charge in [-0.1, -0.05) is 42.0 Å². The summed E-state index contributed by atoms with van der Waals surface area (Å²) in [5.41, 5.74) is -0.651. The van der Waals surface area contributed by atoms with E-state index >= 15 is 8.78 Å². The molecule has 0 atom stereocenters. The number of alkyl halides is 3. The van der Waals surface area contributed by atoms with Gasteiger partial charge in [-0.2, -0.15) is 18.2 Å². The maximum absolute atomic E-state index is 15.1. The van der Waals surface area contributed by atoms with Crippen LogP contribution in [0.1, 0.15) is 16.7 Å². The fraction of sp³-hybridized carbons (Fsp3) is 0.206. The number of aryl methyl sites for hydroxylation is 2. The average Bonchev–Trinajstić information content (AvgIpc) is 3.06. The van der Waals surface area contributed by atoms with E-state index in [0.29, 0.717) is 15.7 Å². The third-order valence-corrected chi connectivity index (χ3v) is 7.47. The van der Waals surface area contributed by atoms with Gasteiger partial charge in [-0.3, -0.25) is 14.2 Å². The van der Waals surface area contributed by atoms with Gasteiger partial charge in [-0.25, -0.2) is 18.6 Å². The van der Waals surface area contributed by atoms with Crippen molar-refractivity contribution >= 4 is 34.5 Å². The van der Waals surface area contributed by atoms with Gasteiger partial charge in [0.25, 0.3) is 11.5 Å². The number of halogens is 5. The Morgan fingerprint density at radius 3 is 2.26 bits per heavy atom. The summed E-state index contributed by atoms with van der Waals surface area (Å²) in [6, 6.07) is 14.6. The van der Waals surface area contributed by atoms with Gasteiger partial charge < -0.3 is 20.4 Å². The minimum atomic E-state index is -5.46. The number of nitrogens with one attached hydrogen (secondary N) is 1. The van der Waals surface area contributed by atoms with Crippen LogP contribution in [-0.2, 0) is 20.8 Å². The molecule has 0 aliphatic rings. The van der Waals surface area contributed by atoms with Crippen LogP contribution >= 0.6 is 0 Å². The first kappa shape index (κ1) is 35.6. The molecule has 2 aromatic heterocycles. The molecule has 11 nitrogen and oxygen atoms in total. The third-order valence-electron chi connectivity index (χ3n) is 7.47. The molecule has 260 valence electrons. The lowest BCUT2D eigenvalue weighted by Gasteiger charge is -2.23. The number of carbonyl (C=O) groups is 2. The maximum atomic E-state index is 15.1. The van der Waals surface area contributed by atoms with E-state index in [1.54, 1.807) is 38.1 Å². The number of carbonyl (C=O) groups excluding carboxylic acids is 2. The molecule has 0 aliphatic carbocycles. The van der Waals surface area contributed by atoms with E-state index in [9.17, 15) is 37.8 Å². The number of rotatable bonds is 9. The molecule has 0 fully saturated rings. The number of fused-ring (bicyclic) bond motifs is 1. The molecule has 1 amide bonds. The Balaban J connectivity index is 1.75. The van der Waals surface area contributed by atoms with Crippen LogP contribution in [-0.4, -0.2) is 62.1 Å². The average molecular weight is 698 g/mol. The summed E-state index contributed by atoms with van der Waals surface area (Å²) < 4.78 is 70.9. The maximum Gasteiger partial charge on any atom is 0.493 e. The number of benzene rings is 3. The van der Waals surface area contributed by atoms with E-state index in [4.69, 9.17) is 0 Å². The first-order valence-corrected chi connectivity index (χ1v) is 14.9. The Labute approximate surface area is 280 Å². The number of aliphatic hydroxyl groups is 2. The summed E-state index contributed by atoms with van der Waals surface area (Å²) in [7, 11) is 0. The molecule has 50 heavy (non-hydrogen) atoms. The molecule has 16 heteroatoms. The fourth-order valence-electron chi connectivity index (χ4n) is 5.08. The lowest BCUT2D eigenvalue weighted by molar-refractivity contribution is -0.201. The van der Waals surface area contributed by atoms with E-state index in [2.05, 4.69) is 20.1 Å². The van der Waals surface area contributed by atoms with Crippen molar-refractivity contribution in [3.63, 3.8) is 0 Å². The van der Waals surface area contributed by atoms with Gasteiger partial charge >= 0.3 is 12.1 Å². The summed E-state index contributed by atoms with van der Waals surface area (Å²) in [5, 5.41) is 22.3. The van der Waals surface area contributed by atoms with Crippen molar-refractivity contribution in [1.82, 2.24) is 14.5 Å². The number of aliphatic hydroxyl groups excluding tert-OH is 2. The molecule has 0 aliphatic heterocycles. The van der Waals surface area contributed by atoms with Crippen molar-refractivity contribution in [1.29, 1.82) is 0 Å². The van der Waals surface area contributed by atoms with Crippen LogP contribution in [0.2, 0.25) is 0 Å². The first-order chi connectivity index (χ1) is 23.7. The van der Waals surface area contributed by atoms with E-state index in [0.717, 1.165) is 29.8 Å². The number of anilines is 2. The van der Waals surface area contributed by atoms with Crippen molar-refractivity contribution < 1.29 is 46.6 Å². The highest BCUT2D eigenvalue weighted by Gasteiger charge is 2.44. The zero-order valence-corrected chi connectivity index (χ0v) is 26.3. The largest absolute Gasteiger partial charge is 0.493 e. The Hall–Kier alpha value is -5.74. The van der Waals surface area contributed by atoms with Crippen LogP contribution in [0, 0.1) is 25.5 Å². The highest BCUT2D eigenvalue weighted by Crippen LogP contribution is 2.34. The number of hydrogen-bond donors (Lipinski definition) is 3. The monoisotopic (exact) mass is 697 g/mol. The van der Waals surface area contributed by atoms with E-state index in [1.807, 2.05) is 0 Å². The molecular weight excluding hydrogens is 669 g/mol. The van der Waals surface area contributed by atoms with Crippen LogP contribution in [0.25, 0.3) is 28.0 Å². The Morgan fingerprint density at radius 2 is 1.62 bits per heavy atom. The number of nitrogens with zero attached hydrogens (tertiary/aromatic N) is 4. The fourth-order valence-corrected chi connectivity index (χ4v) is 5.08. The lowest BCUT2D eigenvalue weighted by atomic mass is 10.0. The number of para-hydroxylation sites is 1. The second-order valence-corrected chi connectivity index (χ2v) is 11.1. The minimum absolute atomic E-state index is 0.0209. The van der Waals surface area contributed by atoms with E-state index in [1.165, 1.54) is 24.3 Å². The van der Waals surface area contributed by atoms with Crippen LogP contribution in [0.3, 0.4) is 0 Å². The number of pyridine rings is 1. The van der Waals surface area contributed by atoms with Gasteiger partial charge in [0.05, 0.1) is 37.1 Å². The number of hydrogen-bond acceptors (Lipinski definition) is 9. The van der Waals surface area contributed by atoms with Crippen molar-refractivity contribution in [3.8, 4) is 16.9 Å². The zero-order chi connectivity index (χ0) is 36.3. The van der Waals surface area contributed by atoms with Gasteiger partial charge in [0.1, 0.15) is 17.3 Å². The second kappa shape index (κ2) is 14.4. The van der Waals surface area contributed by atoms with Gasteiger partial charge in [-0.05, 0) is 55.3 Å². The van der Waals surface area contributed by atoms with Crippen LogP contribution in [0.5, 0.6) is 0 Å². The summed E-state index contributed by atoms with van der Waals surface area (Å²) >= 11 is 0. The molecule has 5 aromatic rings. The molecule has 2 heterocycles. The molecule has 0 saturated carbocycles. The highest BCUT2D eigenvalue weighted by molar-refractivity contribution is 5.98. The van der Waals surface area contributed by atoms with Gasteiger partial charge in [0.2, 0.25) is 5.95 Å². The van der Waals surface area contributed by atoms with Crippen molar-refractivity contribution in [2.24, 2.45) is 0 Å². The third kappa shape index (κ3) is 7.45. The van der Waals surface area contributed by atoms with Crippen LogP contribution in [0.4, 0.5) is 33.6 Å². The van der Waals surface area contributed by atoms with Gasteiger partial charge in [-0.15, -0.1) is 5.06 Å². The standard InChI is InChI=1S/C34H28F5N5O6/c1-18-5-3-6-20(13-18)14-28(48)44(50-32(49)34(37,38)39)22-10-9-19(2)24(15-22)29-23-11-12-27(47)43(30-25(35)7-4-8-26(30)36)31(23)42-33(41-29)40-21(16-45)17-46/h3-13,15,21,45-46H,14,16-17H2,1-2H3,(H,40,41,42). The van der Waals surface area contributed by atoms with Gasteiger partial charge in [0.15, 0.2) is 5.65 Å². The quantitative estimate of drug-likeness (QED) is 0.147. The molecule has 0 radical (unpaired) electrons. The minimum Gasteiger partial charge on any atom is -0.394 e. The molecular formula is C34H28F5N5O6. The predicted octanol–water partition coefficient (Wildman–Crippen LogP) is 4.70. The molecule has 0 saturated heterocycles. The van der Waals surface area contributed by atoms with Crippen molar-refractivity contribution in [3.05, 3.63) is 111 Å². The number of aromatic nitrogens is 3. The molecule has 0 bridgehead atoms. The second-order valence-electron chi connectivity index (χ2n) is 11.1. The van der Waals surface area contributed by atoms with Crippen LogP contribution in [0.15, 0.2) is 77.6 Å². The summed E-state index contributed by atoms with van der Waals surface area (Å²) in [5.74, 6) is -6.23. The smallest absolute Gasteiger partial charge is 0.394 e. The molecule has 3 N–H and O–H groups in total. The SMILES string of the molecule is Cc1cccc(CC(=O)N(OC(=O)C(F)(F)F)c2ccc(C)c(-c3nc(NC(CO)CO)nc4c3ccc(=O)n4-c3c(F)cccc3F)c2)c1. The van der Waals surface area contributed by atoms with Crippen molar-refractivity contribution in [2.45, 2.75) is 32.5 Å².